The molecular formula is C20H25N3O5S. The monoisotopic (exact) mass is 419 g/mol. The SMILES string of the molecule is CONS(=O)(=O)c1ccc(C(=O)N(C)CC(=O)Nc2c(C)cc(C)cc2C)cc1. The summed E-state index contributed by atoms with van der Waals surface area (Å²) in [5.41, 5.74) is 4.01. The molecule has 2 amide bonds. The van der Waals surface area contributed by atoms with E-state index in [1.165, 1.54) is 43.3 Å². The van der Waals surface area contributed by atoms with Gasteiger partial charge in [0.25, 0.3) is 15.9 Å². The highest BCUT2D eigenvalue weighted by Crippen LogP contribution is 2.22. The van der Waals surface area contributed by atoms with Gasteiger partial charge in [-0.25, -0.2) is 8.42 Å². The highest BCUT2D eigenvalue weighted by molar-refractivity contribution is 7.89. The summed E-state index contributed by atoms with van der Waals surface area (Å²) in [5, 5.41) is 2.85. The van der Waals surface area contributed by atoms with E-state index >= 15 is 0 Å². The molecule has 2 aromatic rings. The molecule has 2 aromatic carbocycles. The second-order valence-electron chi connectivity index (χ2n) is 6.80. The van der Waals surface area contributed by atoms with Gasteiger partial charge in [-0.3, -0.25) is 14.4 Å². The minimum Gasteiger partial charge on any atom is -0.332 e. The largest absolute Gasteiger partial charge is 0.332 e. The molecule has 0 aliphatic carbocycles. The number of benzene rings is 2. The first kappa shape index (κ1) is 22.5. The Kier molecular flexibility index (Phi) is 7.12. The first-order chi connectivity index (χ1) is 13.5. The van der Waals surface area contributed by atoms with Crippen molar-refractivity contribution in [2.24, 2.45) is 0 Å². The number of nitrogens with zero attached hydrogens (tertiary/aromatic N) is 1. The summed E-state index contributed by atoms with van der Waals surface area (Å²) >= 11 is 0. The van der Waals surface area contributed by atoms with Crippen LogP contribution in [0.25, 0.3) is 0 Å². The van der Waals surface area contributed by atoms with Crippen LogP contribution in [0.1, 0.15) is 27.0 Å². The lowest BCUT2D eigenvalue weighted by Gasteiger charge is -2.18. The predicted molar refractivity (Wildman–Crippen MR) is 110 cm³/mol. The number of anilines is 1. The summed E-state index contributed by atoms with van der Waals surface area (Å²) in [5.74, 6) is -0.722. The highest BCUT2D eigenvalue weighted by Gasteiger charge is 2.18. The molecule has 0 saturated carbocycles. The fourth-order valence-corrected chi connectivity index (χ4v) is 3.81. The lowest BCUT2D eigenvalue weighted by Crippen LogP contribution is -2.35. The normalized spacial score (nSPS) is 11.2. The van der Waals surface area contributed by atoms with Crippen LogP contribution in [0.15, 0.2) is 41.3 Å². The highest BCUT2D eigenvalue weighted by atomic mass is 32.2. The van der Waals surface area contributed by atoms with Gasteiger partial charge >= 0.3 is 0 Å². The Morgan fingerprint density at radius 2 is 1.59 bits per heavy atom. The molecule has 0 unspecified atom stereocenters. The summed E-state index contributed by atoms with van der Waals surface area (Å²) in [4.78, 5) is 32.5. The van der Waals surface area contributed by atoms with Gasteiger partial charge in [0.15, 0.2) is 0 Å². The average Bonchev–Trinajstić information content (AvgIpc) is 2.64. The van der Waals surface area contributed by atoms with Crippen LogP contribution in [0.5, 0.6) is 0 Å². The Morgan fingerprint density at radius 1 is 1.03 bits per heavy atom. The lowest BCUT2D eigenvalue weighted by molar-refractivity contribution is -0.116. The topological polar surface area (TPSA) is 105 Å². The number of aryl methyl sites for hydroxylation is 3. The molecule has 0 aliphatic heterocycles. The Hall–Kier alpha value is -2.75. The van der Waals surface area contributed by atoms with Crippen molar-refractivity contribution >= 4 is 27.5 Å². The number of amides is 2. The third kappa shape index (κ3) is 5.63. The van der Waals surface area contributed by atoms with Gasteiger partial charge in [-0.15, -0.1) is 0 Å². The standard InChI is InChI=1S/C20H25N3O5S/c1-13-10-14(2)19(15(3)11-13)21-18(24)12-23(4)20(25)16-6-8-17(9-7-16)29(26,27)22-28-5/h6-11,22H,12H2,1-5H3,(H,21,24). The van der Waals surface area contributed by atoms with Crippen molar-refractivity contribution in [2.75, 3.05) is 26.0 Å². The summed E-state index contributed by atoms with van der Waals surface area (Å²) in [6.45, 7) is 5.67. The van der Waals surface area contributed by atoms with Crippen LogP contribution in [0.2, 0.25) is 0 Å². The number of rotatable bonds is 7. The van der Waals surface area contributed by atoms with Crippen LogP contribution in [0.4, 0.5) is 5.69 Å². The van der Waals surface area contributed by atoms with Crippen LogP contribution in [-0.2, 0) is 19.7 Å². The van der Waals surface area contributed by atoms with Gasteiger partial charge < -0.3 is 10.2 Å². The van der Waals surface area contributed by atoms with Crippen molar-refractivity contribution in [3.05, 3.63) is 58.7 Å². The molecule has 8 nitrogen and oxygen atoms in total. The zero-order chi connectivity index (χ0) is 21.8. The van der Waals surface area contributed by atoms with Crippen molar-refractivity contribution in [1.29, 1.82) is 0 Å². The van der Waals surface area contributed by atoms with Gasteiger partial charge in [0.05, 0.1) is 18.6 Å². The van der Waals surface area contributed by atoms with Gasteiger partial charge in [0, 0.05) is 18.3 Å². The molecule has 0 aromatic heterocycles. The molecule has 0 fully saturated rings. The van der Waals surface area contributed by atoms with Crippen molar-refractivity contribution in [2.45, 2.75) is 25.7 Å². The number of carbonyl (C=O) groups is 2. The third-order valence-electron chi connectivity index (χ3n) is 4.27. The van der Waals surface area contributed by atoms with E-state index in [0.717, 1.165) is 22.4 Å². The quantitative estimate of drug-likeness (QED) is 0.669. The molecule has 0 heterocycles. The molecule has 2 N–H and O–H groups in total. The van der Waals surface area contributed by atoms with E-state index < -0.39 is 15.9 Å². The first-order valence-electron chi connectivity index (χ1n) is 8.83. The van der Waals surface area contributed by atoms with Crippen molar-refractivity contribution in [3.8, 4) is 0 Å². The average molecular weight is 420 g/mol. The molecule has 0 saturated heterocycles. The van der Waals surface area contributed by atoms with Gasteiger partial charge in [-0.05, 0) is 56.2 Å². The van der Waals surface area contributed by atoms with E-state index in [9.17, 15) is 18.0 Å². The van der Waals surface area contributed by atoms with Gasteiger partial charge in [0.1, 0.15) is 0 Å². The minimum atomic E-state index is -3.80. The minimum absolute atomic E-state index is 0.0402. The smallest absolute Gasteiger partial charge is 0.262 e. The fraction of sp³-hybridized carbons (Fsp3) is 0.300. The van der Waals surface area contributed by atoms with E-state index in [1.807, 2.05) is 37.8 Å². The number of hydrogen-bond donors (Lipinski definition) is 2. The maximum absolute atomic E-state index is 12.6. The van der Waals surface area contributed by atoms with Crippen molar-refractivity contribution in [3.63, 3.8) is 0 Å². The predicted octanol–water partition coefficient (Wildman–Crippen LogP) is 2.16. The molecular weight excluding hydrogens is 394 g/mol. The lowest BCUT2D eigenvalue weighted by atomic mass is 10.1. The van der Waals surface area contributed by atoms with E-state index in [2.05, 4.69) is 10.2 Å². The van der Waals surface area contributed by atoms with Crippen LogP contribution in [0.3, 0.4) is 0 Å². The van der Waals surface area contributed by atoms with Gasteiger partial charge in [-0.1, -0.05) is 22.6 Å². The summed E-state index contributed by atoms with van der Waals surface area (Å²) < 4.78 is 23.7. The fourth-order valence-electron chi connectivity index (χ4n) is 3.00. The van der Waals surface area contributed by atoms with Crippen LogP contribution in [0, 0.1) is 20.8 Å². The summed E-state index contributed by atoms with van der Waals surface area (Å²) in [6.07, 6.45) is 0. The first-order valence-corrected chi connectivity index (χ1v) is 10.3. The Morgan fingerprint density at radius 3 is 2.10 bits per heavy atom. The number of hydrogen-bond acceptors (Lipinski definition) is 5. The van der Waals surface area contributed by atoms with Crippen LogP contribution < -0.4 is 10.2 Å². The molecule has 9 heteroatoms. The van der Waals surface area contributed by atoms with Gasteiger partial charge in [0.2, 0.25) is 5.91 Å². The van der Waals surface area contributed by atoms with E-state index in [0.29, 0.717) is 0 Å². The molecule has 29 heavy (non-hydrogen) atoms. The van der Waals surface area contributed by atoms with E-state index in [-0.39, 0.29) is 22.9 Å². The third-order valence-corrected chi connectivity index (χ3v) is 5.55. The maximum atomic E-state index is 12.6. The number of carbonyl (C=O) groups excluding carboxylic acids is 2. The van der Waals surface area contributed by atoms with Crippen LogP contribution >= 0.6 is 0 Å². The molecule has 156 valence electrons. The number of sulfonamides is 1. The zero-order valence-electron chi connectivity index (χ0n) is 17.1. The summed E-state index contributed by atoms with van der Waals surface area (Å²) in [7, 11) is -1.10. The number of likely N-dealkylation sites (N-methyl/N-ethyl adjacent to an activating group) is 1. The maximum Gasteiger partial charge on any atom is 0.262 e. The molecule has 0 atom stereocenters. The second kappa shape index (κ2) is 9.17. The van der Waals surface area contributed by atoms with Crippen molar-refractivity contribution in [1.82, 2.24) is 9.79 Å². The summed E-state index contributed by atoms with van der Waals surface area (Å²) in [6, 6.07) is 9.31. The Bertz CT molecular complexity index is 994. The van der Waals surface area contributed by atoms with Gasteiger partial charge in [-0.2, -0.15) is 0 Å². The number of nitrogens with one attached hydrogen (secondary N) is 2. The zero-order valence-corrected chi connectivity index (χ0v) is 17.9. The molecule has 0 spiro atoms. The van der Waals surface area contributed by atoms with Crippen molar-refractivity contribution < 1.29 is 22.8 Å². The molecule has 0 bridgehead atoms. The molecule has 0 radical (unpaired) electrons. The molecule has 2 rings (SSSR count). The second-order valence-corrected chi connectivity index (χ2v) is 8.44. The Balaban J connectivity index is 2.06. The van der Waals surface area contributed by atoms with Crippen LogP contribution in [-0.4, -0.2) is 45.8 Å². The van der Waals surface area contributed by atoms with E-state index in [1.54, 1.807) is 0 Å². The molecule has 0 aliphatic rings. The Labute approximate surface area is 170 Å². The van der Waals surface area contributed by atoms with E-state index in [4.69, 9.17) is 0 Å².